The van der Waals surface area contributed by atoms with Crippen molar-refractivity contribution in [3.8, 4) is 0 Å². The maximum Gasteiger partial charge on any atom is 0.208 e. The molecule has 16 heavy (non-hydrogen) atoms. The van der Waals surface area contributed by atoms with Crippen LogP contribution in [0.15, 0.2) is 4.99 Å². The van der Waals surface area contributed by atoms with Gasteiger partial charge in [0.25, 0.3) is 0 Å². The molecule has 1 saturated heterocycles. The van der Waals surface area contributed by atoms with Crippen LogP contribution >= 0.6 is 0 Å². The number of guanidine groups is 1. The first kappa shape index (κ1) is 13.2. The summed E-state index contributed by atoms with van der Waals surface area (Å²) < 4.78 is 22.7. The molecule has 0 spiro atoms. The molecular weight excluding hydrogens is 228 g/mol. The van der Waals surface area contributed by atoms with Gasteiger partial charge in [-0.05, 0) is 12.8 Å². The van der Waals surface area contributed by atoms with Crippen LogP contribution in [0.1, 0.15) is 19.8 Å². The molecule has 7 heteroatoms. The molecule has 0 aromatic heterocycles. The molecule has 94 valence electrons. The molecule has 1 fully saturated rings. The van der Waals surface area contributed by atoms with Crippen LogP contribution in [0.5, 0.6) is 0 Å². The summed E-state index contributed by atoms with van der Waals surface area (Å²) in [6.07, 6.45) is 1.58. The second-order valence-electron chi connectivity index (χ2n) is 4.02. The molecule has 0 saturated carbocycles. The number of nitrogens with one attached hydrogen (secondary N) is 1. The van der Waals surface area contributed by atoms with Gasteiger partial charge in [-0.1, -0.05) is 6.92 Å². The van der Waals surface area contributed by atoms with E-state index in [1.54, 1.807) is 0 Å². The zero-order valence-corrected chi connectivity index (χ0v) is 10.6. The zero-order valence-electron chi connectivity index (χ0n) is 9.81. The molecule has 1 heterocycles. The first-order chi connectivity index (χ1) is 7.50. The molecule has 1 unspecified atom stereocenters. The van der Waals surface area contributed by atoms with Crippen molar-refractivity contribution in [1.29, 1.82) is 0 Å². The van der Waals surface area contributed by atoms with E-state index in [0.717, 1.165) is 6.42 Å². The van der Waals surface area contributed by atoms with E-state index >= 15 is 0 Å². The highest BCUT2D eigenvalue weighted by atomic mass is 32.2. The fraction of sp³-hybridized carbons (Fsp3) is 0.889. The number of sulfone groups is 1. The van der Waals surface area contributed by atoms with Crippen molar-refractivity contribution in [1.82, 2.24) is 10.3 Å². The molecule has 1 rings (SSSR count). The van der Waals surface area contributed by atoms with Crippen LogP contribution in [0.25, 0.3) is 0 Å². The van der Waals surface area contributed by atoms with Gasteiger partial charge >= 0.3 is 0 Å². The van der Waals surface area contributed by atoms with Crippen LogP contribution in [0, 0.1) is 0 Å². The van der Waals surface area contributed by atoms with Crippen molar-refractivity contribution in [2.24, 2.45) is 10.8 Å². The maximum atomic E-state index is 11.4. The standard InChI is InChI=1S/C9H20N4O2S/c1-3-5-11-9(12-10)13(2)8-4-6-16(14,15)7-8/h8H,3-7,10H2,1-2H3,(H,11,12). The van der Waals surface area contributed by atoms with E-state index in [1.807, 2.05) is 18.9 Å². The molecule has 0 bridgehead atoms. The van der Waals surface area contributed by atoms with Crippen molar-refractivity contribution in [3.63, 3.8) is 0 Å². The molecule has 0 aromatic rings. The van der Waals surface area contributed by atoms with Gasteiger partial charge < -0.3 is 4.90 Å². The van der Waals surface area contributed by atoms with Crippen molar-refractivity contribution < 1.29 is 8.42 Å². The molecule has 1 atom stereocenters. The third kappa shape index (κ3) is 3.34. The average molecular weight is 248 g/mol. The number of hydrogen-bond acceptors (Lipinski definition) is 4. The predicted molar refractivity (Wildman–Crippen MR) is 64.7 cm³/mol. The molecule has 0 radical (unpaired) electrons. The fourth-order valence-electron chi connectivity index (χ4n) is 1.73. The maximum absolute atomic E-state index is 11.4. The topological polar surface area (TPSA) is 87.8 Å². The van der Waals surface area contributed by atoms with Gasteiger partial charge in [-0.25, -0.2) is 14.3 Å². The molecule has 1 aliphatic heterocycles. The lowest BCUT2D eigenvalue weighted by molar-refractivity contribution is 0.382. The average Bonchev–Trinajstić information content (AvgIpc) is 2.59. The first-order valence-electron chi connectivity index (χ1n) is 5.44. The second-order valence-corrected chi connectivity index (χ2v) is 6.25. The van der Waals surface area contributed by atoms with E-state index in [0.29, 0.717) is 18.9 Å². The minimum absolute atomic E-state index is 0.0170. The molecule has 0 aliphatic carbocycles. The highest BCUT2D eigenvalue weighted by Crippen LogP contribution is 2.16. The lowest BCUT2D eigenvalue weighted by Gasteiger charge is -2.26. The summed E-state index contributed by atoms with van der Waals surface area (Å²) in [5.74, 6) is 6.39. The Kier molecular flexibility index (Phi) is 4.55. The molecule has 6 nitrogen and oxygen atoms in total. The van der Waals surface area contributed by atoms with E-state index in [4.69, 9.17) is 5.84 Å². The van der Waals surface area contributed by atoms with Crippen LogP contribution in [0.4, 0.5) is 0 Å². The number of hydrogen-bond donors (Lipinski definition) is 2. The van der Waals surface area contributed by atoms with Gasteiger partial charge in [0, 0.05) is 19.6 Å². The highest BCUT2D eigenvalue weighted by molar-refractivity contribution is 7.91. The summed E-state index contributed by atoms with van der Waals surface area (Å²) >= 11 is 0. The molecular formula is C9H20N4O2S. The molecule has 1 aliphatic rings. The SMILES string of the molecule is CCCN=C(NN)N(C)C1CCS(=O)(=O)C1. The Bertz CT molecular complexity index is 353. The Balaban J connectivity index is 2.66. The van der Waals surface area contributed by atoms with Gasteiger partial charge in [0.05, 0.1) is 11.5 Å². The van der Waals surface area contributed by atoms with Crippen LogP contribution in [-0.2, 0) is 9.84 Å². The fourth-order valence-corrected chi connectivity index (χ4v) is 3.50. The van der Waals surface area contributed by atoms with Crippen LogP contribution in [0.3, 0.4) is 0 Å². The van der Waals surface area contributed by atoms with Gasteiger partial charge in [0.15, 0.2) is 9.84 Å². The Morgan fingerprint density at radius 2 is 2.31 bits per heavy atom. The van der Waals surface area contributed by atoms with Gasteiger partial charge in [-0.15, -0.1) is 0 Å². The number of hydrazine groups is 1. The summed E-state index contributed by atoms with van der Waals surface area (Å²) in [5.41, 5.74) is 2.52. The zero-order chi connectivity index (χ0) is 12.2. The minimum atomic E-state index is -2.87. The highest BCUT2D eigenvalue weighted by Gasteiger charge is 2.31. The van der Waals surface area contributed by atoms with Crippen LogP contribution < -0.4 is 11.3 Å². The number of nitrogens with zero attached hydrogens (tertiary/aromatic N) is 2. The molecule has 0 amide bonds. The summed E-state index contributed by atoms with van der Waals surface area (Å²) in [7, 11) is -1.05. The van der Waals surface area contributed by atoms with E-state index in [-0.39, 0.29) is 17.5 Å². The number of aliphatic imine (C=N–C) groups is 1. The summed E-state index contributed by atoms with van der Waals surface area (Å²) in [5, 5.41) is 0. The lowest BCUT2D eigenvalue weighted by Crippen LogP contribution is -2.48. The van der Waals surface area contributed by atoms with Gasteiger partial charge in [-0.3, -0.25) is 10.4 Å². The van der Waals surface area contributed by atoms with Crippen molar-refractivity contribution in [2.75, 3.05) is 25.1 Å². The summed E-state index contributed by atoms with van der Waals surface area (Å²) in [4.78, 5) is 6.08. The Morgan fingerprint density at radius 1 is 1.62 bits per heavy atom. The van der Waals surface area contributed by atoms with E-state index in [1.165, 1.54) is 0 Å². The van der Waals surface area contributed by atoms with Gasteiger partial charge in [0.1, 0.15) is 0 Å². The predicted octanol–water partition coefficient (Wildman–Crippen LogP) is -0.665. The smallest absolute Gasteiger partial charge is 0.208 e. The van der Waals surface area contributed by atoms with Crippen molar-refractivity contribution in [3.05, 3.63) is 0 Å². The van der Waals surface area contributed by atoms with Gasteiger partial charge in [0.2, 0.25) is 5.96 Å². The number of rotatable bonds is 3. The quantitative estimate of drug-likeness (QED) is 0.299. The van der Waals surface area contributed by atoms with E-state index < -0.39 is 9.84 Å². The Labute approximate surface area is 96.8 Å². The number of nitrogens with two attached hydrogens (primary N) is 1. The normalized spacial score (nSPS) is 24.4. The third-order valence-electron chi connectivity index (χ3n) is 2.70. The minimum Gasteiger partial charge on any atom is -0.341 e. The van der Waals surface area contributed by atoms with Crippen LogP contribution in [-0.4, -0.2) is 50.4 Å². The Morgan fingerprint density at radius 3 is 2.75 bits per heavy atom. The van der Waals surface area contributed by atoms with Gasteiger partial charge in [-0.2, -0.15) is 0 Å². The largest absolute Gasteiger partial charge is 0.341 e. The third-order valence-corrected chi connectivity index (χ3v) is 4.45. The van der Waals surface area contributed by atoms with Crippen LogP contribution in [0.2, 0.25) is 0 Å². The van der Waals surface area contributed by atoms with E-state index in [9.17, 15) is 8.42 Å². The monoisotopic (exact) mass is 248 g/mol. The lowest BCUT2D eigenvalue weighted by atomic mass is 10.2. The van der Waals surface area contributed by atoms with Crippen molar-refractivity contribution >= 4 is 15.8 Å². The van der Waals surface area contributed by atoms with Crippen molar-refractivity contribution in [2.45, 2.75) is 25.8 Å². The van der Waals surface area contributed by atoms with E-state index in [2.05, 4.69) is 10.4 Å². The first-order valence-corrected chi connectivity index (χ1v) is 7.26. The summed E-state index contributed by atoms with van der Waals surface area (Å²) in [6.45, 7) is 2.71. The Hall–Kier alpha value is -0.820. The molecule has 0 aromatic carbocycles. The molecule has 3 N–H and O–H groups in total. The summed E-state index contributed by atoms with van der Waals surface area (Å²) in [6, 6.07) is -0.0170. The second kappa shape index (κ2) is 5.49.